The summed E-state index contributed by atoms with van der Waals surface area (Å²) >= 11 is 0. The van der Waals surface area contributed by atoms with Gasteiger partial charge in [0.2, 0.25) is 0 Å². The van der Waals surface area contributed by atoms with E-state index in [0.29, 0.717) is 0 Å². The van der Waals surface area contributed by atoms with Crippen molar-refractivity contribution >= 4 is 233 Å². The van der Waals surface area contributed by atoms with Crippen LogP contribution < -0.4 is 0 Å². The molecule has 28 atom stereocenters. The molecule has 0 aromatic rings. The molecule has 0 saturated carbocycles. The monoisotopic (exact) mass is 929 g/mol. The topological polar surface area (TPSA) is 0 Å². The summed E-state index contributed by atoms with van der Waals surface area (Å²) in [6.07, 6.45) is 0. The van der Waals surface area contributed by atoms with E-state index in [1.54, 1.807) is 0 Å². The molecule has 0 fully saturated rings. The summed E-state index contributed by atoms with van der Waals surface area (Å²) in [6, 6.07) is 0. The maximum Gasteiger partial charge on any atom is -0.0677 e. The van der Waals surface area contributed by atoms with Gasteiger partial charge in [0, 0.05) is 0 Å². The molecule has 0 spiro atoms. The van der Waals surface area contributed by atoms with E-state index in [1.807, 2.05) is 0 Å². The molecule has 0 N–H and O–H groups in total. The molecule has 29 heteroatoms. The third-order valence-electron chi connectivity index (χ3n) is 1.64. The summed E-state index contributed by atoms with van der Waals surface area (Å²) in [4.78, 5) is 0. The number of hydrogen-bond acceptors (Lipinski definition) is 0. The highest BCUT2D eigenvalue weighted by molar-refractivity contribution is 8.93. The average Bonchev–Trinajstić information content (AvgIpc) is 2.74. The SMILES string of the molecule is PPPPPPPPPPPPPPPPPPPPPPPPPPPPP. The Bertz CT molecular complexity index is 231. The van der Waals surface area contributed by atoms with Crippen molar-refractivity contribution in [1.82, 2.24) is 0 Å². The van der Waals surface area contributed by atoms with Crippen molar-refractivity contribution in [3.63, 3.8) is 0 Å². The Morgan fingerprint density at radius 3 is 0.379 bits per heavy atom. The summed E-state index contributed by atoms with van der Waals surface area (Å²) < 4.78 is 0. The van der Waals surface area contributed by atoms with E-state index in [0.717, 1.165) is 15.9 Å². The minimum atomic E-state index is 1.15. The lowest BCUT2D eigenvalue weighted by Gasteiger charge is -2.06. The van der Waals surface area contributed by atoms with E-state index in [4.69, 9.17) is 0 Å². The standard InChI is InChI=1S/H31P29/c1-3-5-7-9-11-13-15-17-19-21-23-25-27-29-28-26-24-22-20-18-16-14-12-10-8-6-4-2/h3-29H,1-2H2. The van der Waals surface area contributed by atoms with Gasteiger partial charge >= 0.3 is 0 Å². The highest BCUT2D eigenvalue weighted by Crippen LogP contribution is 2.87. The van der Waals surface area contributed by atoms with E-state index in [1.165, 1.54) is 199 Å². The zero-order valence-electron chi connectivity index (χ0n) is 14.7. The van der Waals surface area contributed by atoms with Crippen LogP contribution in [0.3, 0.4) is 0 Å². The van der Waals surface area contributed by atoms with Gasteiger partial charge in [0.05, 0.1) is 0 Å². The molecule has 0 heterocycles. The minimum Gasteiger partial charge on any atom is -0.110 e. The summed E-state index contributed by atoms with van der Waals surface area (Å²) in [5.41, 5.74) is 0. The predicted molar refractivity (Wildman–Crippen MR) is 244 cm³/mol. The average molecular weight is 929 g/mol. The third-order valence-corrected chi connectivity index (χ3v) is 133. The van der Waals surface area contributed by atoms with Crippen LogP contribution in [0.1, 0.15) is 0 Å². The van der Waals surface area contributed by atoms with Crippen molar-refractivity contribution < 1.29 is 0 Å². The fraction of sp³-hybridized carbons (Fsp3) is 0. The van der Waals surface area contributed by atoms with Crippen molar-refractivity contribution in [2.75, 3.05) is 0 Å². The highest BCUT2D eigenvalue weighted by atomic mass is 33.0. The van der Waals surface area contributed by atoms with Crippen molar-refractivity contribution in [2.24, 2.45) is 0 Å². The van der Waals surface area contributed by atoms with Gasteiger partial charge in [-0.05, 0) is 0 Å². The van der Waals surface area contributed by atoms with Gasteiger partial charge in [0.15, 0.2) is 0 Å². The molecule has 0 amide bonds. The molecule has 0 nitrogen and oxygen atoms in total. The van der Waals surface area contributed by atoms with Crippen LogP contribution in [0, 0.1) is 0 Å². The fourth-order valence-electron chi connectivity index (χ4n) is 0.791. The van der Waals surface area contributed by atoms with Crippen molar-refractivity contribution in [1.29, 1.82) is 0 Å². The lowest BCUT2D eigenvalue weighted by Crippen LogP contribution is -1.13. The van der Waals surface area contributed by atoms with Gasteiger partial charge < -0.3 is 0 Å². The second kappa shape index (κ2) is 40.5. The maximum absolute atomic E-state index is 2.91. The first-order chi connectivity index (χ1) is 14.4. The smallest absolute Gasteiger partial charge is 0.0677 e. The molecule has 0 radical (unpaired) electrons. The molecular formula is H31P29. The molecule has 0 bridgehead atoms. The van der Waals surface area contributed by atoms with E-state index < -0.39 is 0 Å². The summed E-state index contributed by atoms with van der Waals surface area (Å²) in [6.45, 7) is 0. The van der Waals surface area contributed by atoms with E-state index in [-0.39, 0.29) is 0 Å². The first-order valence-electron chi connectivity index (χ1n) is 7.08. The van der Waals surface area contributed by atoms with Crippen LogP contribution in [0.2, 0.25) is 0 Å². The molecule has 0 aliphatic rings. The summed E-state index contributed by atoms with van der Waals surface area (Å²) in [5.74, 6) is 0. The maximum atomic E-state index is 2.91. The van der Waals surface area contributed by atoms with E-state index in [2.05, 4.69) is 17.9 Å². The first kappa shape index (κ1) is 41.5. The van der Waals surface area contributed by atoms with Gasteiger partial charge in [0.25, 0.3) is 0 Å². The Balaban J connectivity index is 2.97. The van der Waals surface area contributed by atoms with E-state index >= 15 is 0 Å². The number of hydrogen-bond donors (Lipinski definition) is 0. The third kappa shape index (κ3) is 40.5. The summed E-state index contributed by atoms with van der Waals surface area (Å²) in [5, 5.41) is 0. The number of rotatable bonds is 26. The Kier molecular flexibility index (Phi) is 57.9. The van der Waals surface area contributed by atoms with Gasteiger partial charge in [-0.1, -0.05) is 215 Å². The second-order valence-corrected chi connectivity index (χ2v) is 92.2. The molecule has 176 valence electrons. The molecule has 0 saturated heterocycles. The second-order valence-electron chi connectivity index (χ2n) is 3.41. The molecule has 0 aliphatic heterocycles. The quantitative estimate of drug-likeness (QED) is 0.0599. The Hall–Kier alpha value is 12.5. The molecule has 0 aliphatic carbocycles. The zero-order chi connectivity index (χ0) is 21.1. The molecule has 28 unspecified atom stereocenters. The van der Waals surface area contributed by atoms with Gasteiger partial charge in [-0.2, -0.15) is 0 Å². The van der Waals surface area contributed by atoms with Crippen LogP contribution in [0.5, 0.6) is 0 Å². The fourth-order valence-corrected chi connectivity index (χ4v) is 192. The minimum absolute atomic E-state index is 1.15. The van der Waals surface area contributed by atoms with Crippen molar-refractivity contribution in [3.05, 3.63) is 0 Å². The normalized spacial score (nSPS) is 22.6. The molecule has 0 aromatic carbocycles. The molecular weight excluding hydrogens is 898 g/mol. The Labute approximate surface area is 230 Å². The lowest BCUT2D eigenvalue weighted by molar-refractivity contribution is 4.93. The van der Waals surface area contributed by atoms with Gasteiger partial charge in [0.1, 0.15) is 0 Å². The molecule has 0 aromatic heterocycles. The highest BCUT2D eigenvalue weighted by Gasteiger charge is 1.94. The van der Waals surface area contributed by atoms with Crippen LogP contribution in [-0.4, -0.2) is 0 Å². The van der Waals surface area contributed by atoms with Crippen LogP contribution in [-0.2, 0) is 0 Å². The van der Waals surface area contributed by atoms with Crippen LogP contribution >= 0.6 is 233 Å². The Morgan fingerprint density at radius 1 is 0.172 bits per heavy atom. The van der Waals surface area contributed by atoms with Gasteiger partial charge in [-0.25, -0.2) is 0 Å². The van der Waals surface area contributed by atoms with E-state index in [9.17, 15) is 0 Å². The summed E-state index contributed by atoms with van der Waals surface area (Å²) in [7, 11) is 42.2. The van der Waals surface area contributed by atoms with Gasteiger partial charge in [-0.3, -0.25) is 0 Å². The predicted octanol–water partition coefficient (Wildman–Crippen LogP) is 16.7. The largest absolute Gasteiger partial charge is 0.110 e. The van der Waals surface area contributed by atoms with Crippen LogP contribution in [0.25, 0.3) is 0 Å². The van der Waals surface area contributed by atoms with Gasteiger partial charge in [-0.15, -0.1) is 17.9 Å². The van der Waals surface area contributed by atoms with Crippen LogP contribution in [0.4, 0.5) is 0 Å². The molecule has 29 heavy (non-hydrogen) atoms. The van der Waals surface area contributed by atoms with Crippen LogP contribution in [0.15, 0.2) is 0 Å². The zero-order valence-corrected chi connectivity index (χ0v) is 44.0. The lowest BCUT2D eigenvalue weighted by atomic mass is 29.0. The first-order valence-corrected chi connectivity index (χ1v) is 63.7. The Morgan fingerprint density at radius 2 is 0.276 bits per heavy atom. The molecule has 0 rings (SSSR count). The van der Waals surface area contributed by atoms with Crippen molar-refractivity contribution in [3.8, 4) is 0 Å². The van der Waals surface area contributed by atoms with Crippen molar-refractivity contribution in [2.45, 2.75) is 0 Å².